The molecule has 34 heavy (non-hydrogen) atoms. The maximum Gasteiger partial charge on any atom is 0.407 e. The van der Waals surface area contributed by atoms with E-state index in [0.29, 0.717) is 31.0 Å². The fourth-order valence-corrected chi connectivity index (χ4v) is 5.09. The molecule has 4 rings (SSSR count). The van der Waals surface area contributed by atoms with Crippen molar-refractivity contribution in [1.82, 2.24) is 15.5 Å². The summed E-state index contributed by atoms with van der Waals surface area (Å²) in [6.45, 7) is 6.45. The van der Waals surface area contributed by atoms with E-state index in [1.165, 1.54) is 0 Å². The molecule has 0 bridgehead atoms. The molecule has 2 fully saturated rings. The van der Waals surface area contributed by atoms with Crippen LogP contribution in [0.1, 0.15) is 75.2 Å². The van der Waals surface area contributed by atoms with Crippen LogP contribution in [0.3, 0.4) is 0 Å². The minimum atomic E-state index is -0.622. The normalized spacial score (nSPS) is 25.0. The largest absolute Gasteiger partial charge is 0.444 e. The van der Waals surface area contributed by atoms with E-state index in [4.69, 9.17) is 4.74 Å². The highest BCUT2D eigenvalue weighted by Gasteiger charge is 2.40. The summed E-state index contributed by atoms with van der Waals surface area (Å²) >= 11 is 0. The standard InChI is InChI=1S/C25H34N4O5/c1-25(2,3)34-24(33)26-13-15-6-4-7-16(12-15)27-19-9-5-8-17-18(19)14-29(23(17)32)20-10-11-21(30)28-22(20)31/h5,8-9,15-16,20,27H,4,6-7,10-14H2,1-3H3,(H,26,33)(H,28,30,31)/t15-,16-,20?/m0/s1. The van der Waals surface area contributed by atoms with E-state index in [1.54, 1.807) is 11.0 Å². The van der Waals surface area contributed by atoms with Gasteiger partial charge in [0.2, 0.25) is 11.8 Å². The topological polar surface area (TPSA) is 117 Å². The van der Waals surface area contributed by atoms with Crippen molar-refractivity contribution in [3.05, 3.63) is 29.3 Å². The van der Waals surface area contributed by atoms with Crippen molar-refractivity contribution < 1.29 is 23.9 Å². The van der Waals surface area contributed by atoms with E-state index in [9.17, 15) is 19.2 Å². The number of amides is 4. The molecule has 3 atom stereocenters. The van der Waals surface area contributed by atoms with Gasteiger partial charge >= 0.3 is 6.09 Å². The van der Waals surface area contributed by atoms with Gasteiger partial charge in [-0.2, -0.15) is 0 Å². The highest BCUT2D eigenvalue weighted by atomic mass is 16.6. The first kappa shape index (κ1) is 24.0. The van der Waals surface area contributed by atoms with Gasteiger partial charge in [-0.05, 0) is 64.5 Å². The predicted octanol–water partition coefficient (Wildman–Crippen LogP) is 2.94. The zero-order valence-electron chi connectivity index (χ0n) is 20.1. The van der Waals surface area contributed by atoms with Crippen LogP contribution in [0.15, 0.2) is 18.2 Å². The predicted molar refractivity (Wildman–Crippen MR) is 126 cm³/mol. The van der Waals surface area contributed by atoms with Crippen molar-refractivity contribution in [3.63, 3.8) is 0 Å². The minimum absolute atomic E-state index is 0.170. The summed E-state index contributed by atoms with van der Waals surface area (Å²) in [6.07, 6.45) is 4.21. The Morgan fingerprint density at radius 3 is 2.71 bits per heavy atom. The number of benzene rings is 1. The first-order valence-corrected chi connectivity index (χ1v) is 12.1. The Morgan fingerprint density at radius 2 is 1.97 bits per heavy atom. The molecule has 184 valence electrons. The Morgan fingerprint density at radius 1 is 1.18 bits per heavy atom. The Kier molecular flexibility index (Phi) is 6.81. The van der Waals surface area contributed by atoms with Gasteiger partial charge in [0.05, 0.1) is 0 Å². The first-order chi connectivity index (χ1) is 16.1. The highest BCUT2D eigenvalue weighted by Crippen LogP contribution is 2.34. The van der Waals surface area contributed by atoms with Crippen LogP contribution in [0.5, 0.6) is 0 Å². The van der Waals surface area contributed by atoms with E-state index in [1.807, 2.05) is 32.9 Å². The number of anilines is 1. The molecule has 1 aliphatic carbocycles. The van der Waals surface area contributed by atoms with Gasteiger partial charge in [0.25, 0.3) is 5.91 Å². The van der Waals surface area contributed by atoms with Gasteiger partial charge in [-0.1, -0.05) is 12.5 Å². The number of ether oxygens (including phenoxy) is 1. The number of imide groups is 1. The summed E-state index contributed by atoms with van der Waals surface area (Å²) < 4.78 is 5.34. The molecule has 0 aromatic heterocycles. The third-order valence-corrected chi connectivity index (χ3v) is 6.66. The van der Waals surface area contributed by atoms with Gasteiger partial charge in [0.15, 0.2) is 0 Å². The minimum Gasteiger partial charge on any atom is -0.444 e. The number of nitrogens with one attached hydrogen (secondary N) is 3. The lowest BCUT2D eigenvalue weighted by molar-refractivity contribution is -0.136. The lowest BCUT2D eigenvalue weighted by atomic mass is 9.85. The van der Waals surface area contributed by atoms with Gasteiger partial charge in [-0.3, -0.25) is 19.7 Å². The number of carbonyl (C=O) groups is 4. The zero-order valence-corrected chi connectivity index (χ0v) is 20.1. The molecule has 3 N–H and O–H groups in total. The summed E-state index contributed by atoms with van der Waals surface area (Å²) in [5, 5.41) is 8.85. The van der Waals surface area contributed by atoms with Gasteiger partial charge in [-0.15, -0.1) is 0 Å². The number of hydrogen-bond donors (Lipinski definition) is 3. The van der Waals surface area contributed by atoms with Gasteiger partial charge in [0, 0.05) is 42.4 Å². The molecule has 1 aromatic carbocycles. The average molecular weight is 471 g/mol. The SMILES string of the molecule is CC(C)(C)OC(=O)NC[C@H]1CCC[C@H](Nc2cccc3c2CN(C2CCC(=O)NC2=O)C3=O)C1. The smallest absolute Gasteiger partial charge is 0.407 e. The van der Waals surface area contributed by atoms with Crippen LogP contribution in [0.25, 0.3) is 0 Å². The zero-order chi connectivity index (χ0) is 24.5. The molecule has 4 amide bonds. The molecule has 9 heteroatoms. The third kappa shape index (κ3) is 5.51. The molecule has 0 radical (unpaired) electrons. The molecule has 1 aromatic rings. The number of carbonyl (C=O) groups excluding carboxylic acids is 4. The molecular formula is C25H34N4O5. The number of hydrogen-bond acceptors (Lipinski definition) is 6. The lowest BCUT2D eigenvalue weighted by Gasteiger charge is -2.31. The van der Waals surface area contributed by atoms with Crippen molar-refractivity contribution in [1.29, 1.82) is 0 Å². The fraction of sp³-hybridized carbons (Fsp3) is 0.600. The van der Waals surface area contributed by atoms with E-state index in [-0.39, 0.29) is 24.3 Å². The van der Waals surface area contributed by atoms with Gasteiger partial charge < -0.3 is 20.3 Å². The maximum atomic E-state index is 13.0. The van der Waals surface area contributed by atoms with Crippen LogP contribution in [0.4, 0.5) is 10.5 Å². The molecule has 2 aliphatic heterocycles. The molecule has 2 heterocycles. The summed E-state index contributed by atoms with van der Waals surface area (Å²) in [5.41, 5.74) is 1.89. The van der Waals surface area contributed by atoms with Crippen molar-refractivity contribution in [2.24, 2.45) is 5.92 Å². The Labute approximate surface area is 200 Å². The van der Waals surface area contributed by atoms with Crippen LogP contribution in [-0.4, -0.2) is 52.9 Å². The molecule has 1 saturated heterocycles. The highest BCUT2D eigenvalue weighted by molar-refractivity contribution is 6.06. The molecule has 1 unspecified atom stereocenters. The van der Waals surface area contributed by atoms with Gasteiger partial charge in [-0.25, -0.2) is 4.79 Å². The van der Waals surface area contributed by atoms with Crippen LogP contribution < -0.4 is 16.0 Å². The monoisotopic (exact) mass is 470 g/mol. The second kappa shape index (κ2) is 9.64. The van der Waals surface area contributed by atoms with Crippen LogP contribution >= 0.6 is 0 Å². The van der Waals surface area contributed by atoms with Crippen molar-refractivity contribution in [2.75, 3.05) is 11.9 Å². The quantitative estimate of drug-likeness (QED) is 0.570. The number of fused-ring (bicyclic) bond motifs is 1. The maximum absolute atomic E-state index is 13.0. The van der Waals surface area contributed by atoms with Crippen molar-refractivity contribution in [2.45, 2.75) is 83.5 Å². The number of rotatable bonds is 5. The molecule has 9 nitrogen and oxygen atoms in total. The number of alkyl carbamates (subject to hydrolysis) is 1. The van der Waals surface area contributed by atoms with Crippen molar-refractivity contribution >= 4 is 29.5 Å². The number of piperidine rings is 1. The first-order valence-electron chi connectivity index (χ1n) is 12.1. The molecule has 1 saturated carbocycles. The Balaban J connectivity index is 1.38. The second-order valence-electron chi connectivity index (χ2n) is 10.5. The molecular weight excluding hydrogens is 436 g/mol. The van der Waals surface area contributed by atoms with E-state index >= 15 is 0 Å². The summed E-state index contributed by atoms with van der Waals surface area (Å²) in [6, 6.07) is 5.23. The third-order valence-electron chi connectivity index (χ3n) is 6.66. The molecule has 0 spiro atoms. The Hall–Kier alpha value is -3.10. The summed E-state index contributed by atoms with van der Waals surface area (Å²) in [5.74, 6) is -0.520. The Bertz CT molecular complexity index is 986. The summed E-state index contributed by atoms with van der Waals surface area (Å²) in [7, 11) is 0. The van der Waals surface area contributed by atoms with E-state index in [2.05, 4.69) is 16.0 Å². The lowest BCUT2D eigenvalue weighted by Crippen LogP contribution is -2.52. The summed E-state index contributed by atoms with van der Waals surface area (Å²) in [4.78, 5) is 50.5. The van der Waals surface area contributed by atoms with Crippen LogP contribution in [-0.2, 0) is 20.9 Å². The van der Waals surface area contributed by atoms with Crippen LogP contribution in [0.2, 0.25) is 0 Å². The number of nitrogens with zero attached hydrogens (tertiary/aromatic N) is 1. The average Bonchev–Trinajstić information content (AvgIpc) is 3.09. The molecule has 3 aliphatic rings. The van der Waals surface area contributed by atoms with Crippen molar-refractivity contribution in [3.8, 4) is 0 Å². The fourth-order valence-electron chi connectivity index (χ4n) is 5.09. The van der Waals surface area contributed by atoms with Crippen LogP contribution in [0, 0.1) is 5.92 Å². The van der Waals surface area contributed by atoms with Gasteiger partial charge in [0.1, 0.15) is 11.6 Å². The van der Waals surface area contributed by atoms with E-state index in [0.717, 1.165) is 36.9 Å². The van der Waals surface area contributed by atoms with E-state index < -0.39 is 23.6 Å². The second-order valence-corrected chi connectivity index (χ2v) is 10.5.